The molecule has 0 bridgehead atoms. The van der Waals surface area contributed by atoms with Crippen molar-refractivity contribution in [2.45, 2.75) is 38.9 Å². The Labute approximate surface area is 155 Å². The fraction of sp³-hybridized carbons (Fsp3) is 0.500. The zero-order valence-electron chi connectivity index (χ0n) is 13.7. The molecule has 0 aliphatic rings. The van der Waals surface area contributed by atoms with Gasteiger partial charge in [-0.25, -0.2) is 2.51 Å². The van der Waals surface area contributed by atoms with E-state index in [1.807, 2.05) is 0 Å². The molecule has 2 radical (unpaired) electrons. The van der Waals surface area contributed by atoms with Crippen LogP contribution in [0.2, 0.25) is 0 Å². The molecule has 0 aliphatic carbocycles. The van der Waals surface area contributed by atoms with Crippen LogP contribution in [0, 0.1) is 0 Å². The minimum Gasteiger partial charge on any atom is -0.387 e. The molecule has 9 heteroatoms. The molecule has 0 unspecified atom stereocenters. The predicted octanol–water partition coefficient (Wildman–Crippen LogP) is 1.44. The lowest BCUT2D eigenvalue weighted by molar-refractivity contribution is -0.107. The van der Waals surface area contributed by atoms with Crippen LogP contribution in [0.25, 0.3) is 10.9 Å². The van der Waals surface area contributed by atoms with Crippen molar-refractivity contribution in [3.63, 3.8) is 0 Å². The number of rotatable bonds is 3. The van der Waals surface area contributed by atoms with Crippen molar-refractivity contribution in [3.8, 4) is 0 Å². The van der Waals surface area contributed by atoms with E-state index < -0.39 is 11.2 Å². The summed E-state index contributed by atoms with van der Waals surface area (Å²) in [5, 5.41) is 19.0. The minimum absolute atomic E-state index is 0.0925. The zero-order valence-corrected chi connectivity index (χ0v) is 16.7. The van der Waals surface area contributed by atoms with Gasteiger partial charge in [0.1, 0.15) is 48.6 Å². The van der Waals surface area contributed by atoms with E-state index in [1.165, 1.54) is 4.57 Å². The van der Waals surface area contributed by atoms with Gasteiger partial charge in [0.05, 0.1) is 11.2 Å². The summed E-state index contributed by atoms with van der Waals surface area (Å²) >= 11 is 2.83. The Hall–Kier alpha value is -0.485. The lowest BCUT2D eigenvalue weighted by atomic mass is 9.90. The van der Waals surface area contributed by atoms with Crippen molar-refractivity contribution in [1.82, 2.24) is 8.54 Å². The summed E-state index contributed by atoms with van der Waals surface area (Å²) in [5.74, 6) is 0. The fourth-order valence-electron chi connectivity index (χ4n) is 1.45. The monoisotopic (exact) mass is 450 g/mol. The molecule has 2 rings (SSSR count). The number of aryl methyl sites for hydroxylation is 1. The van der Waals surface area contributed by atoms with Gasteiger partial charge in [-0.2, -0.15) is 0 Å². The highest BCUT2D eigenvalue weighted by Gasteiger charge is 2.31. The molecule has 0 amide bonds. The summed E-state index contributed by atoms with van der Waals surface area (Å²) in [6.07, 6.45) is 3.37. The van der Waals surface area contributed by atoms with Crippen LogP contribution in [0.1, 0.15) is 27.7 Å². The molecule has 0 atom stereocenters. The van der Waals surface area contributed by atoms with Gasteiger partial charge in [-0.3, -0.25) is 8.77 Å². The molecular weight excluding hydrogens is 430 g/mol. The van der Waals surface area contributed by atoms with Crippen LogP contribution in [0.15, 0.2) is 23.3 Å². The number of nitrogens with zero attached hydrogens (tertiary/aromatic N) is 2. The molecule has 0 aliphatic heterocycles. The van der Waals surface area contributed by atoms with Gasteiger partial charge in [0.15, 0.2) is 0 Å². The molecule has 2 heterocycles. The van der Waals surface area contributed by atoms with E-state index in [0.29, 0.717) is 11.0 Å². The highest BCUT2D eigenvalue weighted by atomic mass is 127. The maximum absolute atomic E-state index is 11.9. The SMILES string of the molecule is CC(C)(O)C(C)(C)O.[B]c1cn(C)c(=O)c2c1ccn2SOI. The second kappa shape index (κ2) is 7.60. The van der Waals surface area contributed by atoms with E-state index in [4.69, 9.17) is 20.6 Å². The van der Waals surface area contributed by atoms with E-state index in [9.17, 15) is 4.79 Å². The number of halogens is 1. The predicted molar refractivity (Wildman–Crippen MR) is 103 cm³/mol. The number of fused-ring (bicyclic) bond motifs is 1. The van der Waals surface area contributed by atoms with Gasteiger partial charge < -0.3 is 14.8 Å². The molecule has 0 aromatic carbocycles. The number of aromatic nitrogens is 2. The Morgan fingerprint density at radius 2 is 1.78 bits per heavy atom. The third-order valence-electron chi connectivity index (χ3n) is 3.62. The van der Waals surface area contributed by atoms with E-state index in [-0.39, 0.29) is 5.56 Å². The second-order valence-corrected chi connectivity index (χ2v) is 7.91. The maximum atomic E-state index is 11.9. The summed E-state index contributed by atoms with van der Waals surface area (Å²) in [4.78, 5) is 11.9. The normalized spacial score (nSPS) is 12.2. The fourth-order valence-corrected chi connectivity index (χ4v) is 2.40. The van der Waals surface area contributed by atoms with Gasteiger partial charge in [-0.1, -0.05) is 5.46 Å². The maximum Gasteiger partial charge on any atom is 0.275 e. The first-order valence-electron chi connectivity index (χ1n) is 6.77. The van der Waals surface area contributed by atoms with Crippen LogP contribution in [0.3, 0.4) is 0 Å². The molecule has 0 fully saturated rings. The first-order valence-corrected chi connectivity index (χ1v) is 8.34. The lowest BCUT2D eigenvalue weighted by Crippen LogP contribution is -2.44. The van der Waals surface area contributed by atoms with Crippen molar-refractivity contribution >= 4 is 59.4 Å². The van der Waals surface area contributed by atoms with Crippen LogP contribution in [-0.4, -0.2) is 37.8 Å². The minimum atomic E-state index is -1.01. The highest BCUT2D eigenvalue weighted by molar-refractivity contribution is 14.1. The molecule has 126 valence electrons. The van der Waals surface area contributed by atoms with E-state index in [0.717, 1.165) is 17.6 Å². The van der Waals surface area contributed by atoms with Crippen LogP contribution in [0.4, 0.5) is 0 Å². The van der Waals surface area contributed by atoms with E-state index in [1.54, 1.807) is 80.2 Å². The van der Waals surface area contributed by atoms with Crippen molar-refractivity contribution in [2.75, 3.05) is 0 Å². The Kier molecular flexibility index (Phi) is 6.79. The molecule has 2 aromatic rings. The second-order valence-electron chi connectivity index (χ2n) is 6.16. The number of pyridine rings is 1. The largest absolute Gasteiger partial charge is 0.387 e. The Morgan fingerprint density at radius 3 is 2.22 bits per heavy atom. The van der Waals surface area contributed by atoms with Gasteiger partial charge in [0.2, 0.25) is 0 Å². The Balaban J connectivity index is 0.000000284. The third kappa shape index (κ3) is 4.99. The quantitative estimate of drug-likeness (QED) is 0.421. The molecule has 0 saturated heterocycles. The van der Waals surface area contributed by atoms with E-state index >= 15 is 0 Å². The number of hydrogen-bond donors (Lipinski definition) is 2. The first kappa shape index (κ1) is 20.6. The third-order valence-corrected chi connectivity index (χ3v) is 4.63. The summed E-state index contributed by atoms with van der Waals surface area (Å²) in [6.45, 7) is 6.31. The van der Waals surface area contributed by atoms with Gasteiger partial charge >= 0.3 is 0 Å². The summed E-state index contributed by atoms with van der Waals surface area (Å²) in [7, 11) is 7.48. The topological polar surface area (TPSA) is 76.6 Å². The van der Waals surface area contributed by atoms with Gasteiger partial charge in [0.25, 0.3) is 5.56 Å². The van der Waals surface area contributed by atoms with Crippen LogP contribution in [0.5, 0.6) is 0 Å². The molecule has 2 aromatic heterocycles. The molecule has 6 nitrogen and oxygen atoms in total. The van der Waals surface area contributed by atoms with Crippen molar-refractivity contribution in [1.29, 1.82) is 0 Å². The smallest absolute Gasteiger partial charge is 0.275 e. The van der Waals surface area contributed by atoms with E-state index in [2.05, 4.69) is 0 Å². The van der Waals surface area contributed by atoms with Gasteiger partial charge in [0, 0.05) is 24.8 Å². The van der Waals surface area contributed by atoms with Gasteiger partial charge in [-0.05, 0) is 33.8 Å². The molecule has 0 spiro atoms. The zero-order chi connectivity index (χ0) is 18.0. The van der Waals surface area contributed by atoms with Crippen molar-refractivity contribution in [3.05, 3.63) is 28.8 Å². The molecular formula is C14H20BIN2O4S. The Bertz CT molecular complexity index is 719. The lowest BCUT2D eigenvalue weighted by Gasteiger charge is -2.31. The average molecular weight is 450 g/mol. The van der Waals surface area contributed by atoms with Crippen LogP contribution >= 0.6 is 35.2 Å². The average Bonchev–Trinajstić information content (AvgIpc) is 2.79. The molecule has 2 N–H and O–H groups in total. The van der Waals surface area contributed by atoms with Crippen LogP contribution in [-0.2, 0) is 9.56 Å². The number of hydrogen-bond acceptors (Lipinski definition) is 5. The summed E-state index contributed by atoms with van der Waals surface area (Å²) in [6, 6.07) is 1.80. The van der Waals surface area contributed by atoms with Crippen molar-refractivity contribution < 1.29 is 12.7 Å². The Morgan fingerprint density at radius 1 is 1.26 bits per heavy atom. The molecule has 23 heavy (non-hydrogen) atoms. The summed E-state index contributed by atoms with van der Waals surface area (Å²) in [5.41, 5.74) is -0.982. The molecule has 0 saturated carbocycles. The van der Waals surface area contributed by atoms with Gasteiger partial charge in [-0.15, -0.1) is 0 Å². The standard InChI is InChI=1S/C8H6BIN2O2S.C6H14O2/c1-11-4-6(9)5-2-3-12(15-14-10)7(5)8(11)13;1-5(2,7)6(3,4)8/h2-4H,1H3;7-8H,1-4H3. The summed E-state index contributed by atoms with van der Waals surface area (Å²) < 4.78 is 8.00. The first-order chi connectivity index (χ1) is 10.4. The van der Waals surface area contributed by atoms with Crippen LogP contribution < -0.4 is 11.0 Å². The van der Waals surface area contributed by atoms with Crippen molar-refractivity contribution in [2.24, 2.45) is 7.05 Å². The number of aliphatic hydroxyl groups is 2. The highest BCUT2D eigenvalue weighted by Crippen LogP contribution is 2.19.